The van der Waals surface area contributed by atoms with Gasteiger partial charge in [0.2, 0.25) is 5.91 Å². The molecule has 1 aromatic rings. The third kappa shape index (κ3) is 11.7. The number of anilines is 1. The Bertz CT molecular complexity index is 895. The Labute approximate surface area is 206 Å². The molecule has 0 bridgehead atoms. The van der Waals surface area contributed by atoms with Crippen LogP contribution in [0.4, 0.5) is 10.5 Å². The lowest BCUT2D eigenvalue weighted by atomic mass is 10.1. The van der Waals surface area contributed by atoms with Gasteiger partial charge in [-0.15, -0.1) is 0 Å². The fourth-order valence-corrected chi connectivity index (χ4v) is 3.06. The van der Waals surface area contributed by atoms with E-state index in [0.717, 1.165) is 24.8 Å². The van der Waals surface area contributed by atoms with Crippen molar-refractivity contribution < 1.29 is 33.3 Å². The third-order valence-corrected chi connectivity index (χ3v) is 4.68. The van der Waals surface area contributed by atoms with Gasteiger partial charge in [0.05, 0.1) is 18.8 Å². The van der Waals surface area contributed by atoms with Gasteiger partial charge >= 0.3 is 12.1 Å². The quantitative estimate of drug-likeness (QED) is 0.288. The Morgan fingerprint density at radius 2 is 1.89 bits per heavy atom. The first kappa shape index (κ1) is 28.1. The number of hydrogen-bond acceptors (Lipinski definition) is 7. The summed E-state index contributed by atoms with van der Waals surface area (Å²) in [5.41, 5.74) is 1.14. The summed E-state index contributed by atoms with van der Waals surface area (Å²) >= 11 is 0. The van der Waals surface area contributed by atoms with Crippen molar-refractivity contribution >= 4 is 29.7 Å². The predicted octanol–water partition coefficient (Wildman–Crippen LogP) is 4.20. The number of benzene rings is 1. The molecule has 1 aromatic carbocycles. The minimum Gasteiger partial charge on any atom is -0.462 e. The number of alkyl carbamates (subject to hydrolysis) is 1. The monoisotopic (exact) mass is 488 g/mol. The van der Waals surface area contributed by atoms with Crippen molar-refractivity contribution in [3.8, 4) is 0 Å². The zero-order valence-electron chi connectivity index (χ0n) is 20.9. The highest BCUT2D eigenvalue weighted by Crippen LogP contribution is 2.15. The molecule has 1 unspecified atom stereocenters. The summed E-state index contributed by atoms with van der Waals surface area (Å²) in [4.78, 5) is 36.0. The Morgan fingerprint density at radius 3 is 2.51 bits per heavy atom. The molecule has 192 valence electrons. The number of esters is 1. The molecule has 2 N–H and O–H groups in total. The smallest absolute Gasteiger partial charge is 0.408 e. The summed E-state index contributed by atoms with van der Waals surface area (Å²) in [5, 5.41) is 5.11. The summed E-state index contributed by atoms with van der Waals surface area (Å²) in [7, 11) is 0. The van der Waals surface area contributed by atoms with Gasteiger partial charge in [0.15, 0.2) is 6.29 Å². The average molecular weight is 489 g/mol. The third-order valence-electron chi connectivity index (χ3n) is 4.68. The fourth-order valence-electron chi connectivity index (χ4n) is 3.06. The first-order chi connectivity index (χ1) is 16.7. The van der Waals surface area contributed by atoms with Crippen molar-refractivity contribution in [3.05, 3.63) is 47.6 Å². The molecular formula is C26H36N2O7. The van der Waals surface area contributed by atoms with Crippen LogP contribution in [0.5, 0.6) is 0 Å². The number of amides is 2. The molecule has 9 heteroatoms. The van der Waals surface area contributed by atoms with Gasteiger partial charge in [-0.3, -0.25) is 4.79 Å². The number of nitrogens with one attached hydrogen (secondary N) is 2. The summed E-state index contributed by atoms with van der Waals surface area (Å²) < 4.78 is 21.5. The van der Waals surface area contributed by atoms with E-state index in [1.807, 2.05) is 0 Å². The summed E-state index contributed by atoms with van der Waals surface area (Å²) in [6, 6.07) is 7.04. The van der Waals surface area contributed by atoms with Gasteiger partial charge in [0.25, 0.3) is 0 Å². The van der Waals surface area contributed by atoms with Crippen molar-refractivity contribution in [1.82, 2.24) is 5.32 Å². The van der Waals surface area contributed by atoms with Crippen LogP contribution in [-0.4, -0.2) is 56.2 Å². The number of rotatable bonds is 10. The molecule has 1 aliphatic heterocycles. The highest BCUT2D eigenvalue weighted by molar-refractivity contribution is 5.94. The normalized spacial score (nSPS) is 16.6. The number of carbonyl (C=O) groups is 3. The van der Waals surface area contributed by atoms with E-state index in [1.54, 1.807) is 70.2 Å². The van der Waals surface area contributed by atoms with Crippen molar-refractivity contribution in [2.24, 2.45) is 0 Å². The van der Waals surface area contributed by atoms with Gasteiger partial charge in [-0.1, -0.05) is 18.2 Å². The number of hydrogen-bond donors (Lipinski definition) is 2. The van der Waals surface area contributed by atoms with E-state index >= 15 is 0 Å². The highest BCUT2D eigenvalue weighted by Gasteiger charge is 2.17. The minimum absolute atomic E-state index is 0.210. The van der Waals surface area contributed by atoms with Crippen LogP contribution in [0.15, 0.2) is 42.0 Å². The minimum atomic E-state index is -0.657. The first-order valence-corrected chi connectivity index (χ1v) is 11.8. The van der Waals surface area contributed by atoms with Crippen molar-refractivity contribution in [2.75, 3.05) is 31.7 Å². The lowest BCUT2D eigenvalue weighted by molar-refractivity contribution is -0.155. The SMILES string of the molecule is CCOC(=O)C(C=Cc1ccc(NC(=O)CNC(=O)OC(C)(C)C)cc1)=CCOC1CCCCO1. The largest absolute Gasteiger partial charge is 0.462 e. The van der Waals surface area contributed by atoms with E-state index in [1.165, 1.54) is 0 Å². The number of carbonyl (C=O) groups excluding carboxylic acids is 3. The van der Waals surface area contributed by atoms with Gasteiger partial charge in [-0.05, 0) is 76.8 Å². The van der Waals surface area contributed by atoms with Gasteiger partial charge in [0.1, 0.15) is 12.1 Å². The van der Waals surface area contributed by atoms with Crippen molar-refractivity contribution in [1.29, 1.82) is 0 Å². The standard InChI is InChI=1S/C26H36N2O7/c1-5-32-24(30)20(15-17-34-23-8-6-7-16-33-23)12-9-19-10-13-21(14-11-19)28-22(29)18-27-25(31)35-26(2,3)4/h9-15,23H,5-8,16-18H2,1-4H3,(H,27,31)(H,28,29). The maximum absolute atomic E-state index is 12.3. The van der Waals surface area contributed by atoms with Crippen LogP contribution < -0.4 is 10.6 Å². The lowest BCUT2D eigenvalue weighted by Crippen LogP contribution is -2.37. The Morgan fingerprint density at radius 1 is 1.14 bits per heavy atom. The molecule has 35 heavy (non-hydrogen) atoms. The van der Waals surface area contributed by atoms with Crippen LogP contribution in [-0.2, 0) is 28.5 Å². The van der Waals surface area contributed by atoms with Crippen LogP contribution in [0.1, 0.15) is 52.5 Å². The van der Waals surface area contributed by atoms with Crippen LogP contribution in [0.2, 0.25) is 0 Å². The molecule has 9 nitrogen and oxygen atoms in total. The van der Waals surface area contributed by atoms with Crippen molar-refractivity contribution in [2.45, 2.75) is 58.8 Å². The van der Waals surface area contributed by atoms with Gasteiger partial charge in [-0.25, -0.2) is 9.59 Å². The van der Waals surface area contributed by atoms with Crippen LogP contribution in [0.3, 0.4) is 0 Å². The maximum atomic E-state index is 12.3. The van der Waals surface area contributed by atoms with E-state index in [9.17, 15) is 14.4 Å². The topological polar surface area (TPSA) is 112 Å². The van der Waals surface area contributed by atoms with Gasteiger partial charge in [0, 0.05) is 12.3 Å². The molecule has 0 aromatic heterocycles. The fraction of sp³-hybridized carbons (Fsp3) is 0.500. The van der Waals surface area contributed by atoms with E-state index in [2.05, 4.69) is 10.6 Å². The molecule has 1 atom stereocenters. The molecule has 2 rings (SSSR count). The van der Waals surface area contributed by atoms with Crippen LogP contribution >= 0.6 is 0 Å². The van der Waals surface area contributed by atoms with Crippen LogP contribution in [0.25, 0.3) is 6.08 Å². The molecule has 0 aliphatic carbocycles. The molecule has 1 saturated heterocycles. The van der Waals surface area contributed by atoms with E-state index < -0.39 is 17.7 Å². The molecular weight excluding hydrogens is 452 g/mol. The molecule has 1 aliphatic rings. The van der Waals surface area contributed by atoms with Gasteiger partial charge < -0.3 is 29.6 Å². The first-order valence-electron chi connectivity index (χ1n) is 11.8. The zero-order chi connectivity index (χ0) is 25.7. The van der Waals surface area contributed by atoms with E-state index in [-0.39, 0.29) is 32.0 Å². The molecule has 1 fully saturated rings. The molecule has 0 saturated carbocycles. The maximum Gasteiger partial charge on any atom is 0.408 e. The Balaban J connectivity index is 1.89. The second-order valence-electron chi connectivity index (χ2n) is 8.87. The zero-order valence-corrected chi connectivity index (χ0v) is 20.9. The second kappa shape index (κ2) is 14.3. The second-order valence-corrected chi connectivity index (χ2v) is 8.87. The molecule has 1 heterocycles. The van der Waals surface area contributed by atoms with Crippen LogP contribution in [0, 0.1) is 0 Å². The van der Waals surface area contributed by atoms with E-state index in [4.69, 9.17) is 18.9 Å². The molecule has 2 amide bonds. The lowest BCUT2D eigenvalue weighted by Gasteiger charge is -2.22. The molecule has 0 spiro atoms. The Kier molecular flexibility index (Phi) is 11.5. The highest BCUT2D eigenvalue weighted by atomic mass is 16.7. The summed E-state index contributed by atoms with van der Waals surface area (Å²) in [5.74, 6) is -0.813. The Hall–Kier alpha value is -3.17. The van der Waals surface area contributed by atoms with Gasteiger partial charge in [-0.2, -0.15) is 0 Å². The van der Waals surface area contributed by atoms with E-state index in [0.29, 0.717) is 17.9 Å². The number of ether oxygens (including phenoxy) is 4. The molecule has 0 radical (unpaired) electrons. The summed E-state index contributed by atoms with van der Waals surface area (Å²) in [6.07, 6.45) is 7.17. The summed E-state index contributed by atoms with van der Waals surface area (Å²) in [6.45, 7) is 7.98. The predicted molar refractivity (Wildman–Crippen MR) is 133 cm³/mol. The van der Waals surface area contributed by atoms with Crippen molar-refractivity contribution in [3.63, 3.8) is 0 Å². The average Bonchev–Trinajstić information content (AvgIpc) is 2.80.